The zero-order valence-electron chi connectivity index (χ0n) is 9.87. The molecule has 0 unspecified atom stereocenters. The molecule has 2 aromatic heterocycles. The van der Waals surface area contributed by atoms with Crippen molar-refractivity contribution in [3.8, 4) is 0 Å². The maximum Gasteiger partial charge on any atom is 0.169 e. The average molecular weight is 232 g/mol. The van der Waals surface area contributed by atoms with E-state index in [0.717, 1.165) is 17.8 Å². The van der Waals surface area contributed by atoms with Crippen molar-refractivity contribution in [1.29, 1.82) is 0 Å². The molecule has 0 spiro atoms. The number of anilines is 1. The highest BCUT2D eigenvalue weighted by Gasteiger charge is 2.30. The molecular formula is C11H16N6. The van der Waals surface area contributed by atoms with Crippen LogP contribution in [0.1, 0.15) is 36.9 Å². The summed E-state index contributed by atoms with van der Waals surface area (Å²) in [6.45, 7) is 3.66. The standard InChI is InChI=1S/C11H16N6/c1-2-16-6-8(5-13-16)7-17-10(9-3-4-9)11(12)14-15-17/h5-6,9H,2-4,7,12H2,1H3. The first-order valence-electron chi connectivity index (χ1n) is 5.98. The molecule has 0 atom stereocenters. The van der Waals surface area contributed by atoms with Crippen molar-refractivity contribution in [3.63, 3.8) is 0 Å². The molecule has 17 heavy (non-hydrogen) atoms. The lowest BCUT2D eigenvalue weighted by Gasteiger charge is -2.03. The molecule has 0 amide bonds. The number of hydrogen-bond acceptors (Lipinski definition) is 4. The van der Waals surface area contributed by atoms with E-state index in [4.69, 9.17) is 5.73 Å². The molecule has 3 rings (SSSR count). The van der Waals surface area contributed by atoms with Crippen molar-refractivity contribution in [2.45, 2.75) is 38.8 Å². The molecule has 6 heteroatoms. The summed E-state index contributed by atoms with van der Waals surface area (Å²) in [7, 11) is 0. The van der Waals surface area contributed by atoms with Gasteiger partial charge in [-0.15, -0.1) is 5.10 Å². The lowest BCUT2D eigenvalue weighted by atomic mass is 10.2. The van der Waals surface area contributed by atoms with Gasteiger partial charge in [-0.05, 0) is 19.8 Å². The summed E-state index contributed by atoms with van der Waals surface area (Å²) in [5.74, 6) is 1.14. The van der Waals surface area contributed by atoms with Gasteiger partial charge in [0.15, 0.2) is 5.82 Å². The molecule has 0 aromatic carbocycles. The molecule has 90 valence electrons. The van der Waals surface area contributed by atoms with Crippen LogP contribution in [0.5, 0.6) is 0 Å². The van der Waals surface area contributed by atoms with E-state index < -0.39 is 0 Å². The van der Waals surface area contributed by atoms with Gasteiger partial charge in [0.05, 0.1) is 18.4 Å². The lowest BCUT2D eigenvalue weighted by molar-refractivity contribution is 0.617. The zero-order valence-corrected chi connectivity index (χ0v) is 9.87. The van der Waals surface area contributed by atoms with Gasteiger partial charge in [-0.1, -0.05) is 5.21 Å². The van der Waals surface area contributed by atoms with Crippen LogP contribution >= 0.6 is 0 Å². The SMILES string of the molecule is CCn1cc(Cn2nnc(N)c2C2CC2)cn1. The summed E-state index contributed by atoms with van der Waals surface area (Å²) in [6.07, 6.45) is 6.31. The summed E-state index contributed by atoms with van der Waals surface area (Å²) in [5, 5.41) is 12.3. The smallest absolute Gasteiger partial charge is 0.169 e. The minimum absolute atomic E-state index is 0.561. The average Bonchev–Trinajstić information content (AvgIpc) is 2.94. The highest BCUT2D eigenvalue weighted by molar-refractivity contribution is 5.38. The molecule has 1 saturated carbocycles. The minimum atomic E-state index is 0.561. The molecule has 2 heterocycles. The number of nitrogen functional groups attached to an aromatic ring is 1. The van der Waals surface area contributed by atoms with E-state index in [1.165, 1.54) is 12.8 Å². The van der Waals surface area contributed by atoms with Crippen LogP contribution in [0.4, 0.5) is 5.82 Å². The molecule has 1 aliphatic carbocycles. The monoisotopic (exact) mass is 232 g/mol. The maximum atomic E-state index is 5.85. The Bertz CT molecular complexity index is 522. The largest absolute Gasteiger partial charge is 0.381 e. The third-order valence-corrected chi connectivity index (χ3v) is 3.11. The van der Waals surface area contributed by atoms with Crippen LogP contribution in [0.3, 0.4) is 0 Å². The second kappa shape index (κ2) is 3.87. The third kappa shape index (κ3) is 1.90. The summed E-state index contributed by atoms with van der Waals surface area (Å²) in [4.78, 5) is 0. The molecule has 6 nitrogen and oxygen atoms in total. The number of nitrogens with zero attached hydrogens (tertiary/aromatic N) is 5. The number of rotatable bonds is 4. The van der Waals surface area contributed by atoms with Crippen LogP contribution in [-0.4, -0.2) is 24.8 Å². The fourth-order valence-electron chi connectivity index (χ4n) is 2.06. The van der Waals surface area contributed by atoms with E-state index in [0.29, 0.717) is 18.3 Å². The van der Waals surface area contributed by atoms with Crippen LogP contribution < -0.4 is 5.73 Å². The van der Waals surface area contributed by atoms with Crippen molar-refractivity contribution in [1.82, 2.24) is 24.8 Å². The summed E-state index contributed by atoms with van der Waals surface area (Å²) >= 11 is 0. The van der Waals surface area contributed by atoms with Gasteiger partial charge >= 0.3 is 0 Å². The first-order chi connectivity index (χ1) is 8.28. The summed E-state index contributed by atoms with van der Waals surface area (Å²) < 4.78 is 3.82. The maximum absolute atomic E-state index is 5.85. The second-order valence-corrected chi connectivity index (χ2v) is 4.50. The Kier molecular flexibility index (Phi) is 2.35. The molecule has 0 bridgehead atoms. The van der Waals surface area contributed by atoms with Gasteiger partial charge in [-0.25, -0.2) is 4.68 Å². The second-order valence-electron chi connectivity index (χ2n) is 4.50. The zero-order chi connectivity index (χ0) is 11.8. The Labute approximate surface area is 99.4 Å². The predicted octanol–water partition coefficient (Wildman–Crippen LogP) is 1.00. The number of nitrogens with two attached hydrogens (primary N) is 1. The van der Waals surface area contributed by atoms with Crippen LogP contribution in [0.15, 0.2) is 12.4 Å². The fourth-order valence-corrected chi connectivity index (χ4v) is 2.06. The number of aromatic nitrogens is 5. The van der Waals surface area contributed by atoms with Crippen LogP contribution in [-0.2, 0) is 13.1 Å². The predicted molar refractivity (Wildman–Crippen MR) is 63.4 cm³/mol. The molecule has 1 fully saturated rings. The van der Waals surface area contributed by atoms with Crippen molar-refractivity contribution in [3.05, 3.63) is 23.7 Å². The Morgan fingerprint density at radius 3 is 2.94 bits per heavy atom. The number of aryl methyl sites for hydroxylation is 1. The van der Waals surface area contributed by atoms with Gasteiger partial charge in [0.2, 0.25) is 0 Å². The molecular weight excluding hydrogens is 216 g/mol. The molecule has 2 N–H and O–H groups in total. The van der Waals surface area contributed by atoms with E-state index in [1.807, 2.05) is 21.8 Å². The van der Waals surface area contributed by atoms with E-state index in [1.54, 1.807) is 0 Å². The topological polar surface area (TPSA) is 74.5 Å². The first kappa shape index (κ1) is 10.3. The van der Waals surface area contributed by atoms with Gasteiger partial charge in [0, 0.05) is 24.2 Å². The summed E-state index contributed by atoms with van der Waals surface area (Å²) in [5.41, 5.74) is 8.08. The van der Waals surface area contributed by atoms with Gasteiger partial charge in [0.25, 0.3) is 0 Å². The van der Waals surface area contributed by atoms with Crippen LogP contribution in [0.25, 0.3) is 0 Å². The first-order valence-corrected chi connectivity index (χ1v) is 5.98. The Balaban J connectivity index is 1.84. The van der Waals surface area contributed by atoms with E-state index >= 15 is 0 Å². The molecule has 0 aliphatic heterocycles. The van der Waals surface area contributed by atoms with E-state index in [9.17, 15) is 0 Å². The quantitative estimate of drug-likeness (QED) is 0.853. The van der Waals surface area contributed by atoms with Gasteiger partial charge in [-0.2, -0.15) is 5.10 Å². The van der Waals surface area contributed by atoms with Crippen molar-refractivity contribution in [2.24, 2.45) is 0 Å². The van der Waals surface area contributed by atoms with Crippen molar-refractivity contribution < 1.29 is 0 Å². The van der Waals surface area contributed by atoms with Crippen LogP contribution in [0, 0.1) is 0 Å². The third-order valence-electron chi connectivity index (χ3n) is 3.11. The molecule has 0 saturated heterocycles. The van der Waals surface area contributed by atoms with Crippen LogP contribution in [0.2, 0.25) is 0 Å². The fraction of sp³-hybridized carbons (Fsp3) is 0.545. The lowest BCUT2D eigenvalue weighted by Crippen LogP contribution is -2.06. The van der Waals surface area contributed by atoms with Crippen molar-refractivity contribution in [2.75, 3.05) is 5.73 Å². The van der Waals surface area contributed by atoms with Gasteiger partial charge < -0.3 is 5.73 Å². The van der Waals surface area contributed by atoms with Crippen molar-refractivity contribution >= 4 is 5.82 Å². The van der Waals surface area contributed by atoms with E-state index in [-0.39, 0.29) is 0 Å². The molecule has 1 aliphatic rings. The summed E-state index contributed by atoms with van der Waals surface area (Å²) in [6, 6.07) is 0. The highest BCUT2D eigenvalue weighted by Crippen LogP contribution is 2.41. The minimum Gasteiger partial charge on any atom is -0.381 e. The Morgan fingerprint density at radius 1 is 1.47 bits per heavy atom. The van der Waals surface area contributed by atoms with Gasteiger partial charge in [-0.3, -0.25) is 4.68 Å². The molecule has 0 radical (unpaired) electrons. The van der Waals surface area contributed by atoms with Gasteiger partial charge in [0.1, 0.15) is 0 Å². The normalized spacial score (nSPS) is 15.4. The Hall–Kier alpha value is -1.85. The van der Waals surface area contributed by atoms with E-state index in [2.05, 4.69) is 22.3 Å². The molecule has 2 aromatic rings. The Morgan fingerprint density at radius 2 is 2.29 bits per heavy atom. The number of hydrogen-bond donors (Lipinski definition) is 1. The highest BCUT2D eigenvalue weighted by atomic mass is 15.4.